The van der Waals surface area contributed by atoms with Gasteiger partial charge in [0.2, 0.25) is 5.91 Å². The number of rotatable bonds is 4. The third-order valence-electron chi connectivity index (χ3n) is 2.59. The van der Waals surface area contributed by atoms with Crippen LogP contribution in [0.5, 0.6) is 0 Å². The maximum Gasteiger partial charge on any atom is 0.271 e. The number of non-ortho nitro benzene ring substituents is 1. The minimum atomic E-state index is -0.738. The number of hydrogen-bond donors (Lipinski definition) is 2. The molecule has 2 N–H and O–H groups in total. The number of thiocarbonyl (C=S) groups is 1. The standard InChI is InChI=1S/C14H10FN3O4S/c15-11-5-3-9(18(20)21)8-12(11)16-14(23)17-13(19)6-4-10-2-1-7-22-10/h1-8H,(H2,16,17,19,23). The maximum absolute atomic E-state index is 13.6. The number of amides is 1. The number of carbonyl (C=O) groups excluding carboxylic acids is 1. The van der Waals surface area contributed by atoms with Crippen LogP contribution in [0.1, 0.15) is 5.76 Å². The van der Waals surface area contributed by atoms with Gasteiger partial charge >= 0.3 is 0 Å². The summed E-state index contributed by atoms with van der Waals surface area (Å²) in [6.45, 7) is 0. The molecule has 0 spiro atoms. The second kappa shape index (κ2) is 7.27. The monoisotopic (exact) mass is 335 g/mol. The first-order valence-corrected chi connectivity index (χ1v) is 6.64. The smallest absolute Gasteiger partial charge is 0.271 e. The number of nitrogens with zero attached hydrogens (tertiary/aromatic N) is 1. The molecule has 9 heteroatoms. The third kappa shape index (κ3) is 4.71. The molecule has 0 aliphatic carbocycles. The van der Waals surface area contributed by atoms with Gasteiger partial charge in [0.15, 0.2) is 5.11 Å². The molecular weight excluding hydrogens is 325 g/mol. The lowest BCUT2D eigenvalue weighted by atomic mass is 10.2. The first-order chi connectivity index (χ1) is 11.0. The normalized spacial score (nSPS) is 10.5. The van der Waals surface area contributed by atoms with E-state index in [2.05, 4.69) is 10.6 Å². The van der Waals surface area contributed by atoms with E-state index in [-0.39, 0.29) is 16.5 Å². The summed E-state index contributed by atoms with van der Waals surface area (Å²) in [5, 5.41) is 15.1. The van der Waals surface area contributed by atoms with E-state index >= 15 is 0 Å². The molecule has 0 radical (unpaired) electrons. The Kier molecular flexibility index (Phi) is 5.15. The highest BCUT2D eigenvalue weighted by Gasteiger charge is 2.12. The number of furan rings is 1. The lowest BCUT2D eigenvalue weighted by Crippen LogP contribution is -2.33. The highest BCUT2D eigenvalue weighted by Crippen LogP contribution is 2.21. The molecule has 1 amide bonds. The summed E-state index contributed by atoms with van der Waals surface area (Å²) in [7, 11) is 0. The number of nitro benzene ring substituents is 1. The lowest BCUT2D eigenvalue weighted by molar-refractivity contribution is -0.384. The number of nitro groups is 1. The van der Waals surface area contributed by atoms with Gasteiger partial charge in [-0.3, -0.25) is 20.2 Å². The summed E-state index contributed by atoms with van der Waals surface area (Å²) < 4.78 is 18.6. The number of nitrogens with one attached hydrogen (secondary N) is 2. The van der Waals surface area contributed by atoms with Crippen molar-refractivity contribution in [3.05, 3.63) is 64.4 Å². The second-order valence-electron chi connectivity index (χ2n) is 4.21. The second-order valence-corrected chi connectivity index (χ2v) is 4.62. The number of carbonyl (C=O) groups is 1. The van der Waals surface area contributed by atoms with Crippen LogP contribution in [0, 0.1) is 15.9 Å². The van der Waals surface area contributed by atoms with Crippen molar-refractivity contribution in [3.8, 4) is 0 Å². The maximum atomic E-state index is 13.6. The fourth-order valence-electron chi connectivity index (χ4n) is 1.57. The molecule has 0 saturated heterocycles. The van der Waals surface area contributed by atoms with Crippen LogP contribution >= 0.6 is 12.2 Å². The van der Waals surface area contributed by atoms with Gasteiger partial charge in [0, 0.05) is 18.2 Å². The molecule has 0 unspecified atom stereocenters. The van der Waals surface area contributed by atoms with Crippen molar-refractivity contribution in [1.82, 2.24) is 5.32 Å². The molecule has 0 saturated carbocycles. The summed E-state index contributed by atoms with van der Waals surface area (Å²) >= 11 is 4.86. The molecule has 0 fully saturated rings. The SMILES string of the molecule is O=C(C=Cc1ccco1)NC(=S)Nc1cc([N+](=O)[O-])ccc1F. The predicted octanol–water partition coefficient (Wildman–Crippen LogP) is 2.85. The van der Waals surface area contributed by atoms with Crippen LogP contribution in [0.15, 0.2) is 47.1 Å². The van der Waals surface area contributed by atoms with Crippen LogP contribution in [0.4, 0.5) is 15.8 Å². The molecule has 7 nitrogen and oxygen atoms in total. The zero-order chi connectivity index (χ0) is 16.8. The average Bonchev–Trinajstić information content (AvgIpc) is 3.00. The fourth-order valence-corrected chi connectivity index (χ4v) is 1.78. The van der Waals surface area contributed by atoms with Crippen LogP contribution in [-0.2, 0) is 4.79 Å². The first-order valence-electron chi connectivity index (χ1n) is 6.23. The van der Waals surface area contributed by atoms with Crippen LogP contribution in [-0.4, -0.2) is 15.9 Å². The van der Waals surface area contributed by atoms with Crippen LogP contribution in [0.25, 0.3) is 6.08 Å². The van der Waals surface area contributed by atoms with E-state index in [1.165, 1.54) is 18.4 Å². The van der Waals surface area contributed by atoms with Crippen molar-refractivity contribution >= 4 is 40.7 Å². The molecule has 2 rings (SSSR count). The number of benzene rings is 1. The molecule has 1 aromatic carbocycles. The number of hydrogen-bond acceptors (Lipinski definition) is 5. The van der Waals surface area contributed by atoms with Crippen LogP contribution < -0.4 is 10.6 Å². The summed E-state index contributed by atoms with van der Waals surface area (Å²) in [6.07, 6.45) is 4.05. The lowest BCUT2D eigenvalue weighted by Gasteiger charge is -2.08. The largest absolute Gasteiger partial charge is 0.465 e. The quantitative estimate of drug-likeness (QED) is 0.386. The highest BCUT2D eigenvalue weighted by atomic mass is 32.1. The van der Waals surface area contributed by atoms with E-state index in [9.17, 15) is 19.3 Å². The summed E-state index contributed by atoms with van der Waals surface area (Å²) in [5.41, 5.74) is -0.514. The predicted molar refractivity (Wildman–Crippen MR) is 85.2 cm³/mol. The van der Waals surface area contributed by atoms with Crippen LogP contribution in [0.3, 0.4) is 0 Å². The van der Waals surface area contributed by atoms with Crippen molar-refractivity contribution in [2.75, 3.05) is 5.32 Å². The Hall–Kier alpha value is -3.07. The van der Waals surface area contributed by atoms with Crippen molar-refractivity contribution in [2.45, 2.75) is 0 Å². The topological polar surface area (TPSA) is 97.4 Å². The van der Waals surface area contributed by atoms with Gasteiger partial charge < -0.3 is 9.73 Å². The van der Waals surface area contributed by atoms with E-state index in [4.69, 9.17) is 16.6 Å². The van der Waals surface area contributed by atoms with Crippen molar-refractivity contribution in [3.63, 3.8) is 0 Å². The number of anilines is 1. The first kappa shape index (κ1) is 16.3. The Morgan fingerprint density at radius 1 is 1.39 bits per heavy atom. The van der Waals surface area contributed by atoms with Gasteiger partial charge in [-0.15, -0.1) is 0 Å². The van der Waals surface area contributed by atoms with Crippen LogP contribution in [0.2, 0.25) is 0 Å². The van der Waals surface area contributed by atoms with E-state index in [1.54, 1.807) is 12.1 Å². The Bertz CT molecular complexity index is 774. The molecule has 0 aliphatic rings. The molecular formula is C14H10FN3O4S. The molecule has 0 aliphatic heterocycles. The molecule has 118 valence electrons. The van der Waals surface area contributed by atoms with Gasteiger partial charge in [0.1, 0.15) is 11.6 Å². The van der Waals surface area contributed by atoms with E-state index in [0.717, 1.165) is 18.2 Å². The highest BCUT2D eigenvalue weighted by molar-refractivity contribution is 7.80. The summed E-state index contributed by atoms with van der Waals surface area (Å²) in [5.74, 6) is -0.827. The van der Waals surface area contributed by atoms with E-state index < -0.39 is 16.6 Å². The van der Waals surface area contributed by atoms with Gasteiger partial charge in [0.25, 0.3) is 5.69 Å². The van der Waals surface area contributed by atoms with Crippen molar-refractivity contribution < 1.29 is 18.5 Å². The van der Waals surface area contributed by atoms with Gasteiger partial charge in [-0.2, -0.15) is 0 Å². The molecule has 1 aromatic heterocycles. The molecule has 0 bridgehead atoms. The van der Waals surface area contributed by atoms with Crippen molar-refractivity contribution in [2.24, 2.45) is 0 Å². The van der Waals surface area contributed by atoms with Gasteiger partial charge in [-0.25, -0.2) is 4.39 Å². The minimum Gasteiger partial charge on any atom is -0.465 e. The fraction of sp³-hybridized carbons (Fsp3) is 0. The zero-order valence-electron chi connectivity index (χ0n) is 11.5. The Morgan fingerprint density at radius 3 is 2.83 bits per heavy atom. The van der Waals surface area contributed by atoms with E-state index in [0.29, 0.717) is 5.76 Å². The zero-order valence-corrected chi connectivity index (χ0v) is 12.3. The Morgan fingerprint density at radius 2 is 2.17 bits per heavy atom. The average molecular weight is 335 g/mol. The minimum absolute atomic E-state index is 0.196. The van der Waals surface area contributed by atoms with E-state index in [1.807, 2.05) is 0 Å². The molecule has 23 heavy (non-hydrogen) atoms. The molecule has 2 aromatic rings. The summed E-state index contributed by atoms with van der Waals surface area (Å²) in [6, 6.07) is 6.25. The summed E-state index contributed by atoms with van der Waals surface area (Å²) in [4.78, 5) is 21.6. The van der Waals surface area contributed by atoms with Gasteiger partial charge in [-0.05, 0) is 36.5 Å². The number of halogens is 1. The third-order valence-corrected chi connectivity index (χ3v) is 2.79. The van der Waals surface area contributed by atoms with Crippen molar-refractivity contribution in [1.29, 1.82) is 0 Å². The molecule has 1 heterocycles. The van der Waals surface area contributed by atoms with Gasteiger partial charge in [0.05, 0.1) is 16.9 Å². The Labute approximate surface area is 134 Å². The molecule has 0 atom stereocenters. The Balaban J connectivity index is 1.98. The van der Waals surface area contributed by atoms with Gasteiger partial charge in [-0.1, -0.05) is 0 Å².